The molecule has 0 bridgehead atoms. The first kappa shape index (κ1) is 9.60. The van der Waals surface area contributed by atoms with Gasteiger partial charge in [0.15, 0.2) is 6.29 Å². The number of aromatic nitrogens is 2. The van der Waals surface area contributed by atoms with E-state index < -0.39 is 5.97 Å². The highest BCUT2D eigenvalue weighted by Crippen LogP contribution is 2.29. The third kappa shape index (κ3) is 1.55. The number of rotatable bonds is 3. The predicted molar refractivity (Wildman–Crippen MR) is 54.2 cm³/mol. The molecule has 2 heterocycles. The van der Waals surface area contributed by atoms with E-state index >= 15 is 0 Å². The normalized spacial score (nSPS) is 10.1. The average Bonchev–Trinajstić information content (AvgIpc) is 2.85. The third-order valence-electron chi connectivity index (χ3n) is 1.94. The number of nitrogens with zero attached hydrogens (tertiary/aromatic N) is 1. The highest BCUT2D eigenvalue weighted by atomic mass is 32.1. The van der Waals surface area contributed by atoms with Gasteiger partial charge in [-0.2, -0.15) is 5.10 Å². The highest BCUT2D eigenvalue weighted by Gasteiger charge is 2.16. The van der Waals surface area contributed by atoms with Gasteiger partial charge in [-0.25, -0.2) is 4.79 Å². The molecule has 2 N–H and O–H groups in total. The van der Waals surface area contributed by atoms with Crippen LogP contribution >= 0.6 is 11.3 Å². The number of thiophene rings is 1. The molecular weight excluding hydrogens is 216 g/mol. The lowest BCUT2D eigenvalue weighted by Crippen LogP contribution is -1.95. The first-order chi connectivity index (χ1) is 7.24. The van der Waals surface area contributed by atoms with E-state index in [2.05, 4.69) is 10.2 Å². The van der Waals surface area contributed by atoms with Crippen molar-refractivity contribution in [1.29, 1.82) is 0 Å². The number of carboxylic acids is 1. The summed E-state index contributed by atoms with van der Waals surface area (Å²) in [5.74, 6) is -1.00. The molecule has 0 aromatic carbocycles. The second kappa shape index (κ2) is 3.66. The summed E-state index contributed by atoms with van der Waals surface area (Å²) in [6, 6.07) is 1.66. The van der Waals surface area contributed by atoms with E-state index in [9.17, 15) is 9.59 Å². The van der Waals surface area contributed by atoms with E-state index in [0.717, 1.165) is 11.3 Å². The van der Waals surface area contributed by atoms with Crippen LogP contribution in [0.1, 0.15) is 20.2 Å². The van der Waals surface area contributed by atoms with Crippen LogP contribution in [0, 0.1) is 0 Å². The Balaban J connectivity index is 2.58. The number of hydrogen-bond donors (Lipinski definition) is 2. The minimum Gasteiger partial charge on any atom is -0.477 e. The fourth-order valence-electron chi connectivity index (χ4n) is 1.29. The first-order valence-electron chi connectivity index (χ1n) is 4.03. The lowest BCUT2D eigenvalue weighted by atomic mass is 10.1. The molecule has 0 spiro atoms. The lowest BCUT2D eigenvalue weighted by Gasteiger charge is -1.96. The molecule has 0 amide bonds. The van der Waals surface area contributed by atoms with E-state index in [4.69, 9.17) is 5.11 Å². The number of aromatic amines is 1. The van der Waals surface area contributed by atoms with E-state index in [-0.39, 0.29) is 10.6 Å². The van der Waals surface area contributed by atoms with Gasteiger partial charge < -0.3 is 5.11 Å². The fraction of sp³-hybridized carbons (Fsp3) is 0. The maximum absolute atomic E-state index is 10.9. The first-order valence-corrected chi connectivity index (χ1v) is 4.91. The van der Waals surface area contributed by atoms with Crippen molar-refractivity contribution in [3.8, 4) is 11.1 Å². The van der Waals surface area contributed by atoms with Crippen LogP contribution in [-0.4, -0.2) is 27.6 Å². The second-order valence-electron chi connectivity index (χ2n) is 2.78. The number of hydrogen-bond acceptors (Lipinski definition) is 4. The molecule has 0 aliphatic carbocycles. The summed E-state index contributed by atoms with van der Waals surface area (Å²) >= 11 is 1.12. The van der Waals surface area contributed by atoms with E-state index in [1.54, 1.807) is 11.4 Å². The fourth-order valence-corrected chi connectivity index (χ4v) is 2.03. The van der Waals surface area contributed by atoms with Crippen LogP contribution in [-0.2, 0) is 0 Å². The van der Waals surface area contributed by atoms with Crippen LogP contribution < -0.4 is 0 Å². The minimum atomic E-state index is -1.00. The Morgan fingerprint density at radius 2 is 2.33 bits per heavy atom. The number of aldehydes is 1. The molecule has 6 heteroatoms. The summed E-state index contributed by atoms with van der Waals surface area (Å²) in [6.45, 7) is 0. The number of H-pyrrole nitrogens is 1. The van der Waals surface area contributed by atoms with E-state index in [1.165, 1.54) is 6.20 Å². The van der Waals surface area contributed by atoms with E-state index in [0.29, 0.717) is 17.4 Å². The predicted octanol–water partition coefficient (Wildman–Crippen LogP) is 1.65. The standard InChI is InChI=1S/C9H6N2O3S/c12-4-7-6(3-10-11-7)5-1-2-15-8(5)9(13)14/h1-4H,(H,10,11)(H,13,14). The summed E-state index contributed by atoms with van der Waals surface area (Å²) in [6.07, 6.45) is 2.06. The van der Waals surface area contributed by atoms with Gasteiger partial charge in [-0.05, 0) is 11.4 Å². The van der Waals surface area contributed by atoms with Crippen LogP contribution in [0.25, 0.3) is 11.1 Å². The Bertz CT molecular complexity index is 515. The minimum absolute atomic E-state index is 0.208. The lowest BCUT2D eigenvalue weighted by molar-refractivity contribution is 0.0702. The van der Waals surface area contributed by atoms with Crippen molar-refractivity contribution in [1.82, 2.24) is 10.2 Å². The van der Waals surface area contributed by atoms with Gasteiger partial charge in [0.2, 0.25) is 0 Å². The summed E-state index contributed by atoms with van der Waals surface area (Å²) in [4.78, 5) is 21.7. The number of carbonyl (C=O) groups excluding carboxylic acids is 1. The number of aromatic carboxylic acids is 1. The van der Waals surface area contributed by atoms with Gasteiger partial charge in [0, 0.05) is 11.1 Å². The Kier molecular flexibility index (Phi) is 2.34. The molecule has 0 radical (unpaired) electrons. The SMILES string of the molecule is O=Cc1[nH]ncc1-c1ccsc1C(=O)O. The van der Waals surface area contributed by atoms with Gasteiger partial charge >= 0.3 is 5.97 Å². The zero-order valence-corrected chi connectivity index (χ0v) is 8.25. The Labute approximate surface area is 88.4 Å². The maximum atomic E-state index is 10.9. The molecule has 2 aromatic heterocycles. The van der Waals surface area contributed by atoms with Crippen LogP contribution in [0.3, 0.4) is 0 Å². The molecule has 0 aliphatic heterocycles. The van der Waals surface area contributed by atoms with Gasteiger partial charge in [-0.15, -0.1) is 11.3 Å². The van der Waals surface area contributed by atoms with Crippen molar-refractivity contribution < 1.29 is 14.7 Å². The average molecular weight is 222 g/mol. The van der Waals surface area contributed by atoms with Gasteiger partial charge in [0.1, 0.15) is 10.6 Å². The summed E-state index contributed by atoms with van der Waals surface area (Å²) in [7, 11) is 0. The smallest absolute Gasteiger partial charge is 0.346 e. The molecular formula is C9H6N2O3S. The summed E-state index contributed by atoms with van der Waals surface area (Å²) in [5.41, 5.74) is 1.32. The van der Waals surface area contributed by atoms with E-state index in [1.807, 2.05) is 0 Å². The van der Waals surface area contributed by atoms with Crippen molar-refractivity contribution >= 4 is 23.6 Å². The Morgan fingerprint density at radius 3 is 3.00 bits per heavy atom. The van der Waals surface area contributed by atoms with Crippen LogP contribution in [0.2, 0.25) is 0 Å². The third-order valence-corrected chi connectivity index (χ3v) is 2.84. The zero-order valence-electron chi connectivity index (χ0n) is 7.43. The quantitative estimate of drug-likeness (QED) is 0.773. The molecule has 15 heavy (non-hydrogen) atoms. The van der Waals surface area contributed by atoms with Gasteiger partial charge in [-0.1, -0.05) is 0 Å². The monoisotopic (exact) mass is 222 g/mol. The van der Waals surface area contributed by atoms with Crippen molar-refractivity contribution in [3.05, 3.63) is 28.2 Å². The van der Waals surface area contributed by atoms with Gasteiger partial charge in [0.05, 0.1) is 6.20 Å². The van der Waals surface area contributed by atoms with Gasteiger partial charge in [-0.3, -0.25) is 9.89 Å². The number of nitrogens with one attached hydrogen (secondary N) is 1. The molecule has 76 valence electrons. The Morgan fingerprint density at radius 1 is 1.53 bits per heavy atom. The second-order valence-corrected chi connectivity index (χ2v) is 3.70. The van der Waals surface area contributed by atoms with Crippen molar-refractivity contribution in [2.45, 2.75) is 0 Å². The van der Waals surface area contributed by atoms with Crippen molar-refractivity contribution in [2.75, 3.05) is 0 Å². The number of carbonyl (C=O) groups is 2. The maximum Gasteiger partial charge on any atom is 0.346 e. The van der Waals surface area contributed by atoms with Crippen LogP contribution in [0.15, 0.2) is 17.6 Å². The molecule has 0 unspecified atom stereocenters. The Hall–Kier alpha value is -1.95. The molecule has 0 aliphatic rings. The largest absolute Gasteiger partial charge is 0.477 e. The molecule has 2 rings (SSSR count). The van der Waals surface area contributed by atoms with Crippen molar-refractivity contribution in [3.63, 3.8) is 0 Å². The zero-order chi connectivity index (χ0) is 10.8. The highest BCUT2D eigenvalue weighted by molar-refractivity contribution is 7.12. The number of carboxylic acid groups (broad SMARTS) is 1. The van der Waals surface area contributed by atoms with Crippen LogP contribution in [0.5, 0.6) is 0 Å². The van der Waals surface area contributed by atoms with Gasteiger partial charge in [0.25, 0.3) is 0 Å². The topological polar surface area (TPSA) is 83.0 Å². The summed E-state index contributed by atoms with van der Waals surface area (Å²) in [5, 5.41) is 16.8. The molecule has 0 saturated carbocycles. The molecule has 5 nitrogen and oxygen atoms in total. The molecule has 0 saturated heterocycles. The van der Waals surface area contributed by atoms with Crippen LogP contribution in [0.4, 0.5) is 0 Å². The molecule has 2 aromatic rings. The summed E-state index contributed by atoms with van der Waals surface area (Å²) < 4.78 is 0. The molecule has 0 atom stereocenters. The van der Waals surface area contributed by atoms with Crippen molar-refractivity contribution in [2.24, 2.45) is 0 Å². The molecule has 0 fully saturated rings.